The van der Waals surface area contributed by atoms with E-state index in [0.717, 1.165) is 18.5 Å². The third-order valence-electron chi connectivity index (χ3n) is 3.47. The lowest BCUT2D eigenvalue weighted by molar-refractivity contribution is -0.0419. The van der Waals surface area contributed by atoms with Gasteiger partial charge in [0.2, 0.25) is 0 Å². The average molecular weight is 260 g/mol. The van der Waals surface area contributed by atoms with Crippen LogP contribution in [0.5, 0.6) is 0 Å². The van der Waals surface area contributed by atoms with Crippen molar-refractivity contribution in [2.24, 2.45) is 0 Å². The van der Waals surface area contributed by atoms with Crippen molar-refractivity contribution < 1.29 is 4.74 Å². The fourth-order valence-corrected chi connectivity index (χ4v) is 1.80. The Bertz CT molecular complexity index is 422. The van der Waals surface area contributed by atoms with Crippen LogP contribution in [0.2, 0.25) is 0 Å². The SMILES string of the molecule is CCNC(C#N)(COC(C)(C)CC)c1ccccc1. The quantitative estimate of drug-likeness (QED) is 0.818. The Morgan fingerprint density at radius 2 is 1.84 bits per heavy atom. The third-order valence-corrected chi connectivity index (χ3v) is 3.47. The minimum atomic E-state index is -0.775. The smallest absolute Gasteiger partial charge is 0.155 e. The molecule has 0 radical (unpaired) electrons. The molecule has 0 aromatic heterocycles. The molecule has 0 aliphatic carbocycles. The molecule has 0 bridgehead atoms. The first kappa shape index (κ1) is 15.7. The molecule has 0 spiro atoms. The van der Waals surface area contributed by atoms with Crippen molar-refractivity contribution in [1.29, 1.82) is 5.26 Å². The van der Waals surface area contributed by atoms with Crippen molar-refractivity contribution in [2.75, 3.05) is 13.2 Å². The molecule has 1 unspecified atom stereocenters. The number of hydrogen-bond acceptors (Lipinski definition) is 3. The second-order valence-electron chi connectivity index (χ2n) is 5.32. The lowest BCUT2D eigenvalue weighted by Gasteiger charge is -2.32. The van der Waals surface area contributed by atoms with E-state index in [9.17, 15) is 5.26 Å². The molecule has 3 nitrogen and oxygen atoms in total. The molecule has 0 saturated heterocycles. The molecule has 19 heavy (non-hydrogen) atoms. The Morgan fingerprint density at radius 1 is 1.21 bits per heavy atom. The van der Waals surface area contributed by atoms with Crippen molar-refractivity contribution in [1.82, 2.24) is 5.32 Å². The molecule has 0 amide bonds. The van der Waals surface area contributed by atoms with Crippen LogP contribution in [0.15, 0.2) is 30.3 Å². The minimum absolute atomic E-state index is 0.216. The Labute approximate surface area is 116 Å². The fraction of sp³-hybridized carbons (Fsp3) is 0.562. The molecule has 1 aromatic carbocycles. The number of nitrogens with zero attached hydrogens (tertiary/aromatic N) is 1. The molecule has 104 valence electrons. The monoisotopic (exact) mass is 260 g/mol. The number of ether oxygens (including phenoxy) is 1. The number of likely N-dealkylation sites (N-methyl/N-ethyl adjacent to an activating group) is 1. The van der Waals surface area contributed by atoms with Crippen LogP contribution in [0.3, 0.4) is 0 Å². The van der Waals surface area contributed by atoms with Gasteiger partial charge in [0.25, 0.3) is 0 Å². The van der Waals surface area contributed by atoms with Crippen LogP contribution in [0, 0.1) is 11.3 Å². The van der Waals surface area contributed by atoms with Crippen LogP contribution in [-0.4, -0.2) is 18.8 Å². The van der Waals surface area contributed by atoms with Gasteiger partial charge in [-0.1, -0.05) is 44.2 Å². The van der Waals surface area contributed by atoms with Gasteiger partial charge in [0.1, 0.15) is 0 Å². The van der Waals surface area contributed by atoms with Gasteiger partial charge in [0.15, 0.2) is 5.54 Å². The number of hydrogen-bond donors (Lipinski definition) is 1. The summed E-state index contributed by atoms with van der Waals surface area (Å²) in [6, 6.07) is 12.2. The average Bonchev–Trinajstić information content (AvgIpc) is 2.44. The summed E-state index contributed by atoms with van der Waals surface area (Å²) in [6.07, 6.45) is 0.912. The third kappa shape index (κ3) is 4.05. The van der Waals surface area contributed by atoms with E-state index in [1.54, 1.807) is 0 Å². The van der Waals surface area contributed by atoms with E-state index in [4.69, 9.17) is 4.74 Å². The van der Waals surface area contributed by atoms with Gasteiger partial charge in [-0.05, 0) is 32.4 Å². The van der Waals surface area contributed by atoms with Gasteiger partial charge in [0.05, 0.1) is 18.3 Å². The zero-order valence-corrected chi connectivity index (χ0v) is 12.4. The van der Waals surface area contributed by atoms with Gasteiger partial charge in [-0.25, -0.2) is 0 Å². The number of benzene rings is 1. The highest BCUT2D eigenvalue weighted by Crippen LogP contribution is 2.24. The van der Waals surface area contributed by atoms with Crippen LogP contribution in [-0.2, 0) is 10.3 Å². The Kier molecular flexibility index (Phi) is 5.53. The van der Waals surface area contributed by atoms with Crippen LogP contribution in [0.25, 0.3) is 0 Å². The van der Waals surface area contributed by atoms with Crippen molar-refractivity contribution in [3.8, 4) is 6.07 Å². The molecule has 1 aromatic rings. The second-order valence-corrected chi connectivity index (χ2v) is 5.32. The largest absolute Gasteiger partial charge is 0.372 e. The Morgan fingerprint density at radius 3 is 2.32 bits per heavy atom. The van der Waals surface area contributed by atoms with E-state index in [2.05, 4.69) is 18.3 Å². The molecular weight excluding hydrogens is 236 g/mol. The predicted molar refractivity (Wildman–Crippen MR) is 77.7 cm³/mol. The first-order valence-electron chi connectivity index (χ1n) is 6.85. The van der Waals surface area contributed by atoms with Gasteiger partial charge >= 0.3 is 0 Å². The molecule has 0 fully saturated rings. The first-order chi connectivity index (χ1) is 8.99. The Hall–Kier alpha value is -1.37. The van der Waals surface area contributed by atoms with E-state index in [0.29, 0.717) is 6.61 Å². The summed E-state index contributed by atoms with van der Waals surface area (Å²) in [6.45, 7) is 9.25. The summed E-state index contributed by atoms with van der Waals surface area (Å²) in [5, 5.41) is 12.9. The highest BCUT2D eigenvalue weighted by molar-refractivity contribution is 5.31. The highest BCUT2D eigenvalue weighted by atomic mass is 16.5. The summed E-state index contributed by atoms with van der Waals surface area (Å²) >= 11 is 0. The molecule has 0 saturated carbocycles. The van der Waals surface area contributed by atoms with Crippen molar-refractivity contribution in [3.05, 3.63) is 35.9 Å². The summed E-state index contributed by atoms with van der Waals surface area (Å²) in [7, 11) is 0. The molecule has 0 aliphatic rings. The maximum absolute atomic E-state index is 9.64. The van der Waals surface area contributed by atoms with E-state index in [-0.39, 0.29) is 5.60 Å². The lowest BCUT2D eigenvalue weighted by atomic mass is 9.91. The zero-order valence-electron chi connectivity index (χ0n) is 12.4. The predicted octanol–water partition coefficient (Wildman–Crippen LogP) is 3.22. The molecular formula is C16H24N2O. The number of nitriles is 1. The van der Waals surface area contributed by atoms with Gasteiger partial charge in [-0.15, -0.1) is 0 Å². The zero-order chi connectivity index (χ0) is 14.4. The van der Waals surface area contributed by atoms with Gasteiger partial charge in [-0.2, -0.15) is 5.26 Å². The molecule has 0 heterocycles. The normalized spacial score (nSPS) is 14.7. The van der Waals surface area contributed by atoms with Gasteiger partial charge in [0, 0.05) is 0 Å². The lowest BCUT2D eigenvalue weighted by Crippen LogP contribution is -2.47. The number of rotatable bonds is 7. The van der Waals surface area contributed by atoms with Crippen molar-refractivity contribution in [3.63, 3.8) is 0 Å². The highest BCUT2D eigenvalue weighted by Gasteiger charge is 2.33. The Balaban J connectivity index is 2.98. The van der Waals surface area contributed by atoms with E-state index in [1.165, 1.54) is 0 Å². The maximum atomic E-state index is 9.64. The van der Waals surface area contributed by atoms with E-state index < -0.39 is 5.54 Å². The van der Waals surface area contributed by atoms with Crippen LogP contribution in [0.1, 0.15) is 39.7 Å². The maximum Gasteiger partial charge on any atom is 0.155 e. The van der Waals surface area contributed by atoms with Crippen LogP contribution < -0.4 is 5.32 Å². The van der Waals surface area contributed by atoms with Crippen LogP contribution in [0.4, 0.5) is 0 Å². The van der Waals surface area contributed by atoms with E-state index >= 15 is 0 Å². The molecule has 1 rings (SSSR count). The van der Waals surface area contributed by atoms with Gasteiger partial charge in [-0.3, -0.25) is 5.32 Å². The summed E-state index contributed by atoms with van der Waals surface area (Å²) < 4.78 is 5.96. The van der Waals surface area contributed by atoms with Crippen LogP contribution >= 0.6 is 0 Å². The summed E-state index contributed by atoms with van der Waals surface area (Å²) in [5.74, 6) is 0. The van der Waals surface area contributed by atoms with Gasteiger partial charge < -0.3 is 4.74 Å². The number of nitrogens with one attached hydrogen (secondary N) is 1. The fourth-order valence-electron chi connectivity index (χ4n) is 1.80. The standard InChI is InChI=1S/C16H24N2O/c1-5-15(3,4)19-13-16(12-17,18-6-2)14-10-8-7-9-11-14/h7-11,18H,5-6,13H2,1-4H3. The molecule has 3 heteroatoms. The molecule has 0 aliphatic heterocycles. The van der Waals surface area contributed by atoms with Crippen molar-refractivity contribution in [2.45, 2.75) is 45.3 Å². The summed E-state index contributed by atoms with van der Waals surface area (Å²) in [4.78, 5) is 0. The minimum Gasteiger partial charge on any atom is -0.372 e. The summed E-state index contributed by atoms with van der Waals surface area (Å²) in [5.41, 5.74) is -0.0411. The topological polar surface area (TPSA) is 45.0 Å². The molecule has 1 atom stereocenters. The second kappa shape index (κ2) is 6.70. The first-order valence-corrected chi connectivity index (χ1v) is 6.85. The molecule has 1 N–H and O–H groups in total. The van der Waals surface area contributed by atoms with E-state index in [1.807, 2.05) is 51.1 Å². The van der Waals surface area contributed by atoms with Crippen molar-refractivity contribution >= 4 is 0 Å².